The van der Waals surface area contributed by atoms with Crippen molar-refractivity contribution in [2.75, 3.05) is 0 Å². The van der Waals surface area contributed by atoms with Crippen molar-refractivity contribution < 1.29 is 0 Å². The zero-order valence-electron chi connectivity index (χ0n) is 11.0. The molecule has 0 spiro atoms. The van der Waals surface area contributed by atoms with Crippen LogP contribution in [0.1, 0.15) is 0 Å². The first-order chi connectivity index (χ1) is 8.27. The molecule has 0 aliphatic carbocycles. The van der Waals surface area contributed by atoms with E-state index < -0.39 is 0 Å². The lowest BCUT2D eigenvalue weighted by atomic mass is 9.88. The third-order valence-corrected chi connectivity index (χ3v) is 2.73. The van der Waals surface area contributed by atoms with E-state index in [1.54, 1.807) is 12.2 Å². The maximum Gasteiger partial charge on any atom is -0.0183 e. The summed E-state index contributed by atoms with van der Waals surface area (Å²) in [6, 6.07) is 0. The summed E-state index contributed by atoms with van der Waals surface area (Å²) in [5.74, 6) is 0. The van der Waals surface area contributed by atoms with Gasteiger partial charge in [0.05, 0.1) is 0 Å². The van der Waals surface area contributed by atoms with Gasteiger partial charge in [0, 0.05) is 0 Å². The largest absolute Gasteiger partial charge is 0.0985 e. The molecular weight excluding hydrogens is 216 g/mol. The molecule has 0 aromatic rings. The topological polar surface area (TPSA) is 0 Å². The Morgan fingerprint density at radius 1 is 0.444 bits per heavy atom. The van der Waals surface area contributed by atoms with E-state index in [9.17, 15) is 0 Å². The second-order valence-electron chi connectivity index (χ2n) is 3.85. The highest BCUT2D eigenvalue weighted by molar-refractivity contribution is 5.66. The van der Waals surface area contributed by atoms with E-state index in [-0.39, 0.29) is 0 Å². The standard InChI is InChI=1S/C18H20/c1-10-12(3)14(5)16(7)18(9)17(8)15(6)13(4)11-2/h10-11H,1-9H2. The van der Waals surface area contributed by atoms with Crippen LogP contribution in [0.2, 0.25) is 0 Å². The normalized spacial score (nSPS) is 8.89. The van der Waals surface area contributed by atoms with E-state index in [2.05, 4.69) is 59.2 Å². The summed E-state index contributed by atoms with van der Waals surface area (Å²) in [6.45, 7) is 34.6. The molecule has 0 fully saturated rings. The van der Waals surface area contributed by atoms with E-state index in [0.717, 1.165) is 0 Å². The monoisotopic (exact) mass is 236 g/mol. The van der Waals surface area contributed by atoms with Crippen molar-refractivity contribution in [1.82, 2.24) is 0 Å². The summed E-state index contributed by atoms with van der Waals surface area (Å²) in [7, 11) is 0. The van der Waals surface area contributed by atoms with Gasteiger partial charge < -0.3 is 0 Å². The highest BCUT2D eigenvalue weighted by Gasteiger charge is 2.12. The van der Waals surface area contributed by atoms with E-state index in [1.165, 1.54) is 0 Å². The molecule has 0 amide bonds. The Balaban J connectivity index is 5.09. The molecule has 0 aromatic heterocycles. The maximum atomic E-state index is 3.96. The predicted octanol–water partition coefficient (Wildman–Crippen LogP) is 5.25. The van der Waals surface area contributed by atoms with Gasteiger partial charge >= 0.3 is 0 Å². The third kappa shape index (κ3) is 3.33. The van der Waals surface area contributed by atoms with E-state index in [1.807, 2.05) is 0 Å². The molecule has 0 aliphatic heterocycles. The van der Waals surface area contributed by atoms with Crippen LogP contribution in [0.5, 0.6) is 0 Å². The summed E-state index contributed by atoms with van der Waals surface area (Å²) in [6.07, 6.45) is 3.25. The third-order valence-electron chi connectivity index (χ3n) is 2.73. The lowest BCUT2D eigenvalue weighted by Crippen LogP contribution is -1.98. The highest BCUT2D eigenvalue weighted by atomic mass is 14.2. The SMILES string of the molecule is C=CC(=C)C(=C)C(=C)C(=C)C(=C)C(=C)C(=C)C=C. The van der Waals surface area contributed by atoms with Gasteiger partial charge in [-0.15, -0.1) is 0 Å². The molecule has 0 bridgehead atoms. The number of hydrogen-bond donors (Lipinski definition) is 0. The molecule has 0 atom stereocenters. The highest BCUT2D eigenvalue weighted by Crippen LogP contribution is 2.30. The second-order valence-corrected chi connectivity index (χ2v) is 3.85. The molecule has 0 N–H and O–H groups in total. The fraction of sp³-hybridized carbons (Fsp3) is 0. The van der Waals surface area contributed by atoms with Gasteiger partial charge in [0.1, 0.15) is 0 Å². The smallest absolute Gasteiger partial charge is 0.0183 e. The van der Waals surface area contributed by atoms with Crippen LogP contribution >= 0.6 is 0 Å². The minimum Gasteiger partial charge on any atom is -0.0985 e. The van der Waals surface area contributed by atoms with Crippen LogP contribution in [0.25, 0.3) is 0 Å². The Morgan fingerprint density at radius 2 is 0.667 bits per heavy atom. The number of hydrogen-bond acceptors (Lipinski definition) is 0. The van der Waals surface area contributed by atoms with Crippen molar-refractivity contribution >= 4 is 0 Å². The zero-order valence-corrected chi connectivity index (χ0v) is 11.0. The van der Waals surface area contributed by atoms with Gasteiger partial charge in [-0.25, -0.2) is 0 Å². The second kappa shape index (κ2) is 6.41. The van der Waals surface area contributed by atoms with E-state index in [4.69, 9.17) is 0 Å². The fourth-order valence-electron chi connectivity index (χ4n) is 1.18. The van der Waals surface area contributed by atoms with Crippen LogP contribution < -0.4 is 0 Å². The molecule has 0 heteroatoms. The van der Waals surface area contributed by atoms with Gasteiger partial charge in [0.2, 0.25) is 0 Å². The average Bonchev–Trinajstić information content (AvgIpc) is 2.40. The molecule has 0 nitrogen and oxygen atoms in total. The van der Waals surface area contributed by atoms with Gasteiger partial charge in [-0.1, -0.05) is 71.4 Å². The van der Waals surface area contributed by atoms with E-state index in [0.29, 0.717) is 39.0 Å². The zero-order chi connectivity index (χ0) is 14.5. The van der Waals surface area contributed by atoms with Crippen molar-refractivity contribution in [3.63, 3.8) is 0 Å². The number of rotatable bonds is 8. The minimum atomic E-state index is 0.663. The van der Waals surface area contributed by atoms with Crippen LogP contribution in [0, 0.1) is 0 Å². The molecule has 0 saturated carbocycles. The molecule has 0 aromatic carbocycles. The van der Waals surface area contributed by atoms with Crippen LogP contribution in [0.15, 0.2) is 110 Å². The van der Waals surface area contributed by atoms with Crippen molar-refractivity contribution in [2.24, 2.45) is 0 Å². The summed E-state index contributed by atoms with van der Waals surface area (Å²) < 4.78 is 0. The summed E-state index contributed by atoms with van der Waals surface area (Å²) in [4.78, 5) is 0. The lowest BCUT2D eigenvalue weighted by Gasteiger charge is -2.16. The van der Waals surface area contributed by atoms with Crippen molar-refractivity contribution in [3.05, 3.63) is 110 Å². The van der Waals surface area contributed by atoms with Gasteiger partial charge in [0.15, 0.2) is 0 Å². The summed E-state index contributed by atoms with van der Waals surface area (Å²) in [5, 5.41) is 0. The Labute approximate surface area is 111 Å². The molecule has 0 rings (SSSR count). The van der Waals surface area contributed by atoms with Gasteiger partial charge in [0.25, 0.3) is 0 Å². The quantitative estimate of drug-likeness (QED) is 0.505. The van der Waals surface area contributed by atoms with Crippen molar-refractivity contribution in [1.29, 1.82) is 0 Å². The molecule has 0 heterocycles. The molecular formula is C18H20. The Morgan fingerprint density at radius 3 is 0.889 bits per heavy atom. The summed E-state index contributed by atoms with van der Waals surface area (Å²) in [5.41, 5.74) is 4.80. The first-order valence-electron chi connectivity index (χ1n) is 5.37. The summed E-state index contributed by atoms with van der Waals surface area (Å²) >= 11 is 0. The predicted molar refractivity (Wildman–Crippen MR) is 84.4 cm³/mol. The Kier molecular flexibility index (Phi) is 5.58. The average molecular weight is 236 g/mol. The van der Waals surface area contributed by atoms with Crippen LogP contribution in [0.3, 0.4) is 0 Å². The first kappa shape index (κ1) is 15.7. The van der Waals surface area contributed by atoms with Crippen molar-refractivity contribution in [3.8, 4) is 0 Å². The van der Waals surface area contributed by atoms with E-state index >= 15 is 0 Å². The van der Waals surface area contributed by atoms with Gasteiger partial charge in [-0.2, -0.15) is 0 Å². The molecule has 92 valence electrons. The first-order valence-corrected chi connectivity index (χ1v) is 5.37. The fourth-order valence-corrected chi connectivity index (χ4v) is 1.18. The Bertz CT molecular complexity index is 458. The van der Waals surface area contributed by atoms with Crippen molar-refractivity contribution in [2.45, 2.75) is 0 Å². The molecule has 0 saturated heterocycles. The lowest BCUT2D eigenvalue weighted by molar-refractivity contribution is 1.38. The minimum absolute atomic E-state index is 0.663. The molecule has 0 unspecified atom stereocenters. The van der Waals surface area contributed by atoms with Gasteiger partial charge in [-0.05, 0) is 39.0 Å². The number of allylic oxidation sites excluding steroid dienone is 9. The maximum absolute atomic E-state index is 3.96. The van der Waals surface area contributed by atoms with Crippen LogP contribution in [-0.4, -0.2) is 0 Å². The molecule has 0 aliphatic rings. The van der Waals surface area contributed by atoms with Crippen LogP contribution in [0.4, 0.5) is 0 Å². The van der Waals surface area contributed by atoms with Crippen LogP contribution in [-0.2, 0) is 0 Å². The molecule has 0 radical (unpaired) electrons. The molecule has 18 heavy (non-hydrogen) atoms. The van der Waals surface area contributed by atoms with Gasteiger partial charge in [-0.3, -0.25) is 0 Å². The Hall–Kier alpha value is -2.34.